The highest BCUT2D eigenvalue weighted by Crippen LogP contribution is 2.13. The molecule has 28 heavy (non-hydrogen) atoms. The predicted octanol–water partition coefficient (Wildman–Crippen LogP) is 5.29. The highest BCUT2D eigenvalue weighted by Gasteiger charge is 2.04. The largest absolute Gasteiger partial charge is 0.385 e. The average molecular weight is 395 g/mol. The van der Waals surface area contributed by atoms with Gasteiger partial charge in [-0.2, -0.15) is 0 Å². The molecule has 0 aromatic heterocycles. The van der Waals surface area contributed by atoms with Gasteiger partial charge in [-0.1, -0.05) is 32.0 Å². The number of carbonyl (C=O) groups excluding carboxylic acids is 1. The van der Waals surface area contributed by atoms with Gasteiger partial charge in [0.1, 0.15) is 11.5 Å². The Morgan fingerprint density at radius 2 is 1.86 bits per heavy atom. The summed E-state index contributed by atoms with van der Waals surface area (Å²) in [5.41, 5.74) is 3.71. The van der Waals surface area contributed by atoms with Gasteiger partial charge >= 0.3 is 0 Å². The zero-order valence-corrected chi connectivity index (χ0v) is 19.0. The number of hydrogen-bond acceptors (Lipinski definition) is 4. The van der Waals surface area contributed by atoms with Gasteiger partial charge in [0.2, 0.25) is 0 Å². The molecule has 0 unspecified atom stereocenters. The Labute approximate surface area is 171 Å². The first-order chi connectivity index (χ1) is 13.4. The van der Waals surface area contributed by atoms with Crippen LogP contribution >= 0.6 is 0 Å². The van der Waals surface area contributed by atoms with Crippen molar-refractivity contribution >= 4 is 12.0 Å². The van der Waals surface area contributed by atoms with Crippen molar-refractivity contribution in [2.24, 2.45) is 4.99 Å². The number of benzene rings is 1. The Morgan fingerprint density at radius 3 is 2.36 bits per heavy atom. The number of rotatable bonds is 9. The summed E-state index contributed by atoms with van der Waals surface area (Å²) < 4.78 is 18.4. The molecule has 0 saturated heterocycles. The smallest absolute Gasteiger partial charge is 0.168 e. The van der Waals surface area contributed by atoms with Crippen LogP contribution in [0.4, 0.5) is 4.39 Å². The Kier molecular flexibility index (Phi) is 18.7. The predicted molar refractivity (Wildman–Crippen MR) is 119 cm³/mol. The quantitative estimate of drug-likeness (QED) is 0.268. The van der Waals surface area contributed by atoms with Crippen LogP contribution in [0.5, 0.6) is 0 Å². The van der Waals surface area contributed by atoms with Gasteiger partial charge < -0.3 is 10.1 Å². The molecule has 0 fully saturated rings. The third kappa shape index (κ3) is 13.3. The lowest BCUT2D eigenvalue weighted by Gasteiger charge is -2.07. The lowest BCUT2D eigenvalue weighted by Crippen LogP contribution is -2.23. The van der Waals surface area contributed by atoms with Crippen LogP contribution in [-0.4, -0.2) is 38.8 Å². The molecule has 5 heteroatoms. The molecule has 0 atom stereocenters. The maximum atomic E-state index is 13.8. The number of halogens is 1. The van der Waals surface area contributed by atoms with E-state index in [4.69, 9.17) is 0 Å². The lowest BCUT2D eigenvalue weighted by molar-refractivity contribution is -0.105. The Bertz CT molecular complexity index is 605. The second-order valence-electron chi connectivity index (χ2n) is 6.26. The van der Waals surface area contributed by atoms with E-state index in [0.29, 0.717) is 24.2 Å². The molecule has 4 nitrogen and oxygen atoms in total. The molecule has 0 amide bonds. The van der Waals surface area contributed by atoms with Crippen LogP contribution in [-0.2, 0) is 16.0 Å². The topological polar surface area (TPSA) is 50.7 Å². The number of aryl methyl sites for hydroxylation is 2. The normalized spacial score (nSPS) is 10.2. The summed E-state index contributed by atoms with van der Waals surface area (Å²) in [5.74, 6) is -0.0978. The first kappa shape index (κ1) is 28.4. The lowest BCUT2D eigenvalue weighted by atomic mass is 10.1. The van der Waals surface area contributed by atoms with Crippen molar-refractivity contribution in [1.29, 1.82) is 0 Å². The summed E-state index contributed by atoms with van der Waals surface area (Å²) in [7, 11) is 1.68. The highest BCUT2D eigenvalue weighted by molar-refractivity contribution is 5.88. The second kappa shape index (κ2) is 18.5. The molecule has 1 aromatic rings. The molecule has 0 aliphatic carbocycles. The molecule has 1 aromatic carbocycles. The van der Waals surface area contributed by atoms with Crippen LogP contribution in [0.15, 0.2) is 34.5 Å². The summed E-state index contributed by atoms with van der Waals surface area (Å²) in [6.45, 7) is 15.6. The standard InChI is InChI=1S/C18H25FN2O.C3H8O.C2H6/c1-13(2)17(12-22)21-15(4)11-20-10-6-9-16-8-5-7-14(3)18(16)19;1-3-4-2;1-2/h5,7-8,12,20H,6,9-11H2,1-4H3;3H2,1-2H3;1-2H3. The summed E-state index contributed by atoms with van der Waals surface area (Å²) in [5, 5.41) is 3.27. The fraction of sp³-hybridized carbons (Fsp3) is 0.565. The SMILES string of the molecule is CC.CC(CNCCCc1cccc(C)c1F)=NC(C=O)=C(C)C.CCOC. The second-order valence-corrected chi connectivity index (χ2v) is 6.26. The van der Waals surface area contributed by atoms with Gasteiger partial charge in [0, 0.05) is 26.0 Å². The van der Waals surface area contributed by atoms with Crippen LogP contribution in [0, 0.1) is 12.7 Å². The number of aldehydes is 1. The molecule has 0 aliphatic heterocycles. The van der Waals surface area contributed by atoms with Crippen LogP contribution in [0.3, 0.4) is 0 Å². The molecule has 0 spiro atoms. The van der Waals surface area contributed by atoms with E-state index in [1.165, 1.54) is 0 Å². The van der Waals surface area contributed by atoms with E-state index in [1.807, 2.05) is 53.7 Å². The van der Waals surface area contributed by atoms with Crippen molar-refractivity contribution in [3.05, 3.63) is 46.4 Å². The fourth-order valence-corrected chi connectivity index (χ4v) is 2.08. The molecule has 1 N–H and O–H groups in total. The van der Waals surface area contributed by atoms with Crippen molar-refractivity contribution in [2.75, 3.05) is 26.8 Å². The number of ether oxygens (including phenoxy) is 1. The van der Waals surface area contributed by atoms with E-state index in [1.54, 1.807) is 20.1 Å². The minimum absolute atomic E-state index is 0.0978. The zero-order valence-electron chi connectivity index (χ0n) is 19.0. The summed E-state index contributed by atoms with van der Waals surface area (Å²) in [6.07, 6.45) is 2.35. The third-order valence-electron chi connectivity index (χ3n) is 3.68. The average Bonchev–Trinajstić information content (AvgIpc) is 2.70. The molecule has 0 aliphatic rings. The van der Waals surface area contributed by atoms with Crippen LogP contribution in [0.1, 0.15) is 59.1 Å². The number of allylic oxidation sites excluding steroid dienone is 2. The monoisotopic (exact) mass is 394 g/mol. The van der Waals surface area contributed by atoms with Crippen molar-refractivity contribution in [2.45, 2.75) is 61.3 Å². The first-order valence-corrected chi connectivity index (χ1v) is 9.97. The molecule has 0 saturated carbocycles. The number of carbonyl (C=O) groups is 1. The summed E-state index contributed by atoms with van der Waals surface area (Å²) >= 11 is 0. The molecule has 0 radical (unpaired) electrons. The third-order valence-corrected chi connectivity index (χ3v) is 3.68. The van der Waals surface area contributed by atoms with Crippen molar-refractivity contribution in [3.63, 3.8) is 0 Å². The van der Waals surface area contributed by atoms with Gasteiger partial charge in [-0.25, -0.2) is 4.39 Å². The molecular weight excluding hydrogens is 355 g/mol. The van der Waals surface area contributed by atoms with Crippen LogP contribution in [0.25, 0.3) is 0 Å². The maximum Gasteiger partial charge on any atom is 0.168 e. The molecule has 1 rings (SSSR count). The maximum absolute atomic E-state index is 13.8. The van der Waals surface area contributed by atoms with Gasteiger partial charge in [-0.05, 0) is 70.7 Å². The number of aliphatic imine (C=N–C) groups is 1. The van der Waals surface area contributed by atoms with Crippen molar-refractivity contribution in [3.8, 4) is 0 Å². The molecule has 0 heterocycles. The van der Waals surface area contributed by atoms with Gasteiger partial charge in [0.15, 0.2) is 6.29 Å². The number of nitrogens with zero attached hydrogens (tertiary/aromatic N) is 1. The fourth-order valence-electron chi connectivity index (χ4n) is 2.08. The number of hydrogen-bond donors (Lipinski definition) is 1. The minimum atomic E-state index is -0.0978. The molecular formula is C23H39FN2O2. The van der Waals surface area contributed by atoms with Crippen molar-refractivity contribution in [1.82, 2.24) is 5.32 Å². The van der Waals surface area contributed by atoms with Gasteiger partial charge in [-0.3, -0.25) is 9.79 Å². The van der Waals surface area contributed by atoms with Gasteiger partial charge in [-0.15, -0.1) is 0 Å². The highest BCUT2D eigenvalue weighted by atomic mass is 19.1. The Hall–Kier alpha value is -1.85. The van der Waals surface area contributed by atoms with E-state index in [9.17, 15) is 9.18 Å². The summed E-state index contributed by atoms with van der Waals surface area (Å²) in [6, 6.07) is 5.50. The van der Waals surface area contributed by atoms with E-state index in [0.717, 1.165) is 42.7 Å². The molecule has 0 bridgehead atoms. The first-order valence-electron chi connectivity index (χ1n) is 9.97. The van der Waals surface area contributed by atoms with E-state index >= 15 is 0 Å². The van der Waals surface area contributed by atoms with Gasteiger partial charge in [0.25, 0.3) is 0 Å². The van der Waals surface area contributed by atoms with E-state index in [-0.39, 0.29) is 5.82 Å². The van der Waals surface area contributed by atoms with E-state index < -0.39 is 0 Å². The number of methoxy groups -OCH3 is 1. The summed E-state index contributed by atoms with van der Waals surface area (Å²) in [4.78, 5) is 15.1. The number of nitrogens with one attached hydrogen (secondary N) is 1. The Balaban J connectivity index is 0. The van der Waals surface area contributed by atoms with Gasteiger partial charge in [0.05, 0.1) is 0 Å². The minimum Gasteiger partial charge on any atom is -0.385 e. The molecule has 160 valence electrons. The van der Waals surface area contributed by atoms with Crippen LogP contribution in [0.2, 0.25) is 0 Å². The van der Waals surface area contributed by atoms with Crippen molar-refractivity contribution < 1.29 is 13.9 Å². The Morgan fingerprint density at radius 1 is 1.25 bits per heavy atom. The zero-order chi connectivity index (χ0) is 21.9. The van der Waals surface area contributed by atoms with E-state index in [2.05, 4.69) is 15.0 Å². The van der Waals surface area contributed by atoms with Crippen LogP contribution < -0.4 is 5.32 Å².